The first-order valence-electron chi connectivity index (χ1n) is 5.52. The number of benzene rings is 1. The van der Waals surface area contributed by atoms with Crippen LogP contribution in [0.2, 0.25) is 0 Å². The lowest BCUT2D eigenvalue weighted by atomic mass is 10.1. The molecule has 2 rings (SSSR count). The number of carbonyl (C=O) groups is 1. The summed E-state index contributed by atoms with van der Waals surface area (Å²) in [6, 6.07) is 3.71. The molecule has 17 heavy (non-hydrogen) atoms. The number of carbonyl (C=O) groups excluding carboxylic acids is 1. The maximum Gasteiger partial charge on any atom is 0.229 e. The van der Waals surface area contributed by atoms with Crippen molar-refractivity contribution < 1.29 is 9.53 Å². The van der Waals surface area contributed by atoms with Crippen LogP contribution in [0.1, 0.15) is 12.0 Å². The number of nitrogens with two attached hydrogens (primary N) is 1. The molecule has 1 saturated heterocycles. The van der Waals surface area contributed by atoms with Crippen LogP contribution in [-0.2, 0) is 9.53 Å². The van der Waals surface area contributed by atoms with Crippen LogP contribution in [-0.4, -0.2) is 19.1 Å². The second kappa shape index (κ2) is 5.06. The molecule has 0 aliphatic carbocycles. The summed E-state index contributed by atoms with van der Waals surface area (Å²) in [4.78, 5) is 11.9. The summed E-state index contributed by atoms with van der Waals surface area (Å²) in [6.07, 6.45) is 0.779. The first-order valence-corrected chi connectivity index (χ1v) is 6.31. The number of amides is 1. The zero-order valence-electron chi connectivity index (χ0n) is 9.63. The minimum atomic E-state index is -0.0579. The molecule has 0 radical (unpaired) electrons. The molecule has 1 fully saturated rings. The van der Waals surface area contributed by atoms with Gasteiger partial charge in [0.05, 0.1) is 23.9 Å². The van der Waals surface area contributed by atoms with E-state index in [0.717, 1.165) is 16.5 Å². The van der Waals surface area contributed by atoms with Gasteiger partial charge < -0.3 is 15.8 Å². The number of nitrogen functional groups attached to an aromatic ring is 1. The van der Waals surface area contributed by atoms with Gasteiger partial charge in [0.15, 0.2) is 0 Å². The van der Waals surface area contributed by atoms with Crippen molar-refractivity contribution >= 4 is 33.2 Å². The Bertz CT molecular complexity index is 419. The number of ether oxygens (including phenoxy) is 1. The lowest BCUT2D eigenvalue weighted by Crippen LogP contribution is -2.23. The normalized spacial score (nSPS) is 19.3. The predicted molar refractivity (Wildman–Crippen MR) is 70.8 cm³/mol. The van der Waals surface area contributed by atoms with Gasteiger partial charge in [-0.25, -0.2) is 0 Å². The van der Waals surface area contributed by atoms with E-state index in [9.17, 15) is 4.79 Å². The Morgan fingerprint density at radius 1 is 1.59 bits per heavy atom. The van der Waals surface area contributed by atoms with E-state index in [1.54, 1.807) is 6.07 Å². The average Bonchev–Trinajstić information content (AvgIpc) is 2.76. The Kier molecular flexibility index (Phi) is 3.69. The van der Waals surface area contributed by atoms with E-state index in [0.29, 0.717) is 24.6 Å². The fraction of sp³-hybridized carbons (Fsp3) is 0.417. The number of hydrogen-bond acceptors (Lipinski definition) is 3. The maximum atomic E-state index is 11.9. The van der Waals surface area contributed by atoms with E-state index in [1.807, 2.05) is 13.0 Å². The predicted octanol–water partition coefficient (Wildman–Crippen LogP) is 2.31. The van der Waals surface area contributed by atoms with Gasteiger partial charge in [0.25, 0.3) is 0 Å². The van der Waals surface area contributed by atoms with E-state index in [-0.39, 0.29) is 11.8 Å². The van der Waals surface area contributed by atoms with Crippen molar-refractivity contribution in [3.8, 4) is 0 Å². The standard InChI is InChI=1S/C12H15BrN2O2/c1-7-4-9(13)5-10(14)11(7)15-12(16)8-2-3-17-6-8/h4-5,8H,2-3,6,14H2,1H3,(H,15,16). The minimum Gasteiger partial charge on any atom is -0.397 e. The summed E-state index contributed by atoms with van der Waals surface area (Å²) in [6.45, 7) is 3.08. The van der Waals surface area contributed by atoms with Gasteiger partial charge in [-0.15, -0.1) is 0 Å². The Morgan fingerprint density at radius 3 is 2.94 bits per heavy atom. The molecule has 0 aromatic heterocycles. The largest absolute Gasteiger partial charge is 0.397 e. The van der Waals surface area contributed by atoms with Gasteiger partial charge >= 0.3 is 0 Å². The maximum absolute atomic E-state index is 11.9. The third-order valence-electron chi connectivity index (χ3n) is 2.88. The number of hydrogen-bond donors (Lipinski definition) is 2. The van der Waals surface area contributed by atoms with Crippen LogP contribution in [0.4, 0.5) is 11.4 Å². The molecule has 0 spiro atoms. The van der Waals surface area contributed by atoms with E-state index >= 15 is 0 Å². The van der Waals surface area contributed by atoms with Crippen LogP contribution < -0.4 is 11.1 Å². The summed E-state index contributed by atoms with van der Waals surface area (Å²) in [7, 11) is 0. The fourth-order valence-corrected chi connectivity index (χ4v) is 2.50. The van der Waals surface area contributed by atoms with Gasteiger partial charge in [0, 0.05) is 11.1 Å². The molecule has 1 aromatic rings. The lowest BCUT2D eigenvalue weighted by molar-refractivity contribution is -0.119. The second-order valence-electron chi connectivity index (χ2n) is 4.24. The zero-order chi connectivity index (χ0) is 12.4. The molecule has 1 aliphatic rings. The Labute approximate surface area is 109 Å². The number of halogens is 1. The van der Waals surface area contributed by atoms with Crippen molar-refractivity contribution in [3.63, 3.8) is 0 Å². The SMILES string of the molecule is Cc1cc(Br)cc(N)c1NC(=O)C1CCOC1. The smallest absolute Gasteiger partial charge is 0.229 e. The van der Waals surface area contributed by atoms with Gasteiger partial charge in [-0.3, -0.25) is 4.79 Å². The number of nitrogens with one attached hydrogen (secondary N) is 1. The Morgan fingerprint density at radius 2 is 2.35 bits per heavy atom. The van der Waals surface area contributed by atoms with Crippen molar-refractivity contribution in [2.75, 3.05) is 24.3 Å². The van der Waals surface area contributed by atoms with Gasteiger partial charge in [-0.1, -0.05) is 15.9 Å². The van der Waals surface area contributed by atoms with E-state index in [4.69, 9.17) is 10.5 Å². The highest BCUT2D eigenvalue weighted by Crippen LogP contribution is 2.28. The molecule has 1 heterocycles. The Hall–Kier alpha value is -1.07. The molecule has 3 N–H and O–H groups in total. The van der Waals surface area contributed by atoms with Crippen molar-refractivity contribution in [2.45, 2.75) is 13.3 Å². The molecular formula is C12H15BrN2O2. The zero-order valence-corrected chi connectivity index (χ0v) is 11.2. The van der Waals surface area contributed by atoms with Crippen molar-refractivity contribution in [1.82, 2.24) is 0 Å². The monoisotopic (exact) mass is 298 g/mol. The molecule has 1 unspecified atom stereocenters. The summed E-state index contributed by atoms with van der Waals surface area (Å²) in [5, 5.41) is 2.88. The van der Waals surface area contributed by atoms with Gasteiger partial charge in [-0.05, 0) is 31.0 Å². The van der Waals surface area contributed by atoms with E-state index in [1.165, 1.54) is 0 Å². The Balaban J connectivity index is 2.15. The second-order valence-corrected chi connectivity index (χ2v) is 5.15. The van der Waals surface area contributed by atoms with E-state index in [2.05, 4.69) is 21.2 Å². The first-order chi connectivity index (χ1) is 8.08. The van der Waals surface area contributed by atoms with Crippen LogP contribution >= 0.6 is 15.9 Å². The molecule has 1 aliphatic heterocycles. The van der Waals surface area contributed by atoms with Crippen molar-refractivity contribution in [1.29, 1.82) is 0 Å². The summed E-state index contributed by atoms with van der Waals surface area (Å²) in [5.41, 5.74) is 8.11. The fourth-order valence-electron chi connectivity index (χ4n) is 1.91. The lowest BCUT2D eigenvalue weighted by Gasteiger charge is -2.14. The molecular weight excluding hydrogens is 284 g/mol. The first kappa shape index (κ1) is 12.4. The van der Waals surface area contributed by atoms with Gasteiger partial charge in [0.2, 0.25) is 5.91 Å². The van der Waals surface area contributed by atoms with Crippen molar-refractivity contribution in [2.24, 2.45) is 5.92 Å². The number of aryl methyl sites for hydroxylation is 1. The van der Waals surface area contributed by atoms with Gasteiger partial charge in [-0.2, -0.15) is 0 Å². The van der Waals surface area contributed by atoms with Crippen LogP contribution in [0.5, 0.6) is 0 Å². The number of rotatable bonds is 2. The van der Waals surface area contributed by atoms with Crippen LogP contribution in [0, 0.1) is 12.8 Å². The molecule has 5 heteroatoms. The molecule has 1 aromatic carbocycles. The summed E-state index contributed by atoms with van der Waals surface area (Å²) in [5.74, 6) is -0.0722. The summed E-state index contributed by atoms with van der Waals surface area (Å²) < 4.78 is 6.11. The van der Waals surface area contributed by atoms with Crippen LogP contribution in [0.25, 0.3) is 0 Å². The van der Waals surface area contributed by atoms with Crippen molar-refractivity contribution in [3.05, 3.63) is 22.2 Å². The summed E-state index contributed by atoms with van der Waals surface area (Å²) >= 11 is 3.37. The third-order valence-corrected chi connectivity index (χ3v) is 3.34. The average molecular weight is 299 g/mol. The quantitative estimate of drug-likeness (QED) is 0.824. The highest BCUT2D eigenvalue weighted by atomic mass is 79.9. The molecule has 0 bridgehead atoms. The van der Waals surface area contributed by atoms with E-state index < -0.39 is 0 Å². The topological polar surface area (TPSA) is 64.3 Å². The minimum absolute atomic E-state index is 0.0142. The number of anilines is 2. The highest BCUT2D eigenvalue weighted by molar-refractivity contribution is 9.10. The van der Waals surface area contributed by atoms with Gasteiger partial charge in [0.1, 0.15) is 0 Å². The molecule has 1 atom stereocenters. The molecule has 1 amide bonds. The molecule has 4 nitrogen and oxygen atoms in total. The third kappa shape index (κ3) is 2.79. The molecule has 92 valence electrons. The van der Waals surface area contributed by atoms with Crippen LogP contribution in [0.3, 0.4) is 0 Å². The molecule has 0 saturated carbocycles. The highest BCUT2D eigenvalue weighted by Gasteiger charge is 2.24. The van der Waals surface area contributed by atoms with Crippen LogP contribution in [0.15, 0.2) is 16.6 Å².